The van der Waals surface area contributed by atoms with Crippen LogP contribution in [0, 0.1) is 24.0 Å². The minimum absolute atomic E-state index is 0.171. The predicted octanol–water partition coefficient (Wildman–Crippen LogP) is 3.48. The molecule has 7 nitrogen and oxygen atoms in total. The summed E-state index contributed by atoms with van der Waals surface area (Å²) in [5, 5.41) is 14.8. The molecule has 0 aliphatic carbocycles. The molecule has 0 bridgehead atoms. The predicted molar refractivity (Wildman–Crippen MR) is 104 cm³/mol. The highest BCUT2D eigenvalue weighted by Gasteiger charge is 2.35. The van der Waals surface area contributed by atoms with Crippen molar-refractivity contribution in [3.63, 3.8) is 0 Å². The third kappa shape index (κ3) is 3.96. The normalized spacial score (nSPS) is 16.2. The smallest absolute Gasteiger partial charge is 0.289 e. The zero-order valence-electron chi connectivity index (χ0n) is 15.4. The fourth-order valence-corrected chi connectivity index (χ4v) is 5.27. The number of nitro groups is 1. The fraction of sp³-hybridized carbons (Fsp3) is 0.368. The van der Waals surface area contributed by atoms with Gasteiger partial charge in [-0.15, -0.1) is 0 Å². The standard InChI is InChI=1S/C19H23N3O4S/c1-14-6-3-4-8-17(14)20-16-10-12-21(13-11-16)27(25,26)19-15(2)7-5-9-18(19)22(23)24/h3-9,16,20H,10-13H2,1-2H3. The topological polar surface area (TPSA) is 92.6 Å². The van der Waals surface area contributed by atoms with E-state index < -0.39 is 14.9 Å². The van der Waals surface area contributed by atoms with E-state index in [4.69, 9.17) is 0 Å². The summed E-state index contributed by atoms with van der Waals surface area (Å²) in [7, 11) is -3.91. The summed E-state index contributed by atoms with van der Waals surface area (Å²) in [4.78, 5) is 10.5. The average molecular weight is 389 g/mol. The molecule has 0 radical (unpaired) electrons. The van der Waals surface area contributed by atoms with Gasteiger partial charge in [-0.2, -0.15) is 4.31 Å². The van der Waals surface area contributed by atoms with Crippen molar-refractivity contribution in [1.82, 2.24) is 4.31 Å². The molecule has 8 heteroatoms. The lowest BCUT2D eigenvalue weighted by atomic mass is 10.1. The first kappa shape index (κ1) is 19.3. The summed E-state index contributed by atoms with van der Waals surface area (Å²) < 4.78 is 27.5. The Morgan fingerprint density at radius 2 is 1.67 bits per heavy atom. The molecule has 0 saturated carbocycles. The van der Waals surface area contributed by atoms with Crippen molar-refractivity contribution >= 4 is 21.4 Å². The van der Waals surface area contributed by atoms with Crippen LogP contribution in [0.5, 0.6) is 0 Å². The summed E-state index contributed by atoms with van der Waals surface area (Å²) in [5.74, 6) is 0. The molecule has 1 fully saturated rings. The van der Waals surface area contributed by atoms with Crippen molar-refractivity contribution in [2.24, 2.45) is 0 Å². The second-order valence-electron chi connectivity index (χ2n) is 6.82. The molecule has 3 rings (SSSR count). The summed E-state index contributed by atoms with van der Waals surface area (Å²) >= 11 is 0. The van der Waals surface area contributed by atoms with Gasteiger partial charge < -0.3 is 5.32 Å². The van der Waals surface area contributed by atoms with E-state index in [1.54, 1.807) is 13.0 Å². The number of nitrogens with zero attached hydrogens (tertiary/aromatic N) is 2. The number of sulfonamides is 1. The number of hydrogen-bond donors (Lipinski definition) is 1. The van der Waals surface area contributed by atoms with Crippen LogP contribution in [0.2, 0.25) is 0 Å². The minimum atomic E-state index is -3.91. The number of benzene rings is 2. The third-order valence-electron chi connectivity index (χ3n) is 4.94. The molecule has 1 aliphatic rings. The number of para-hydroxylation sites is 1. The number of hydrogen-bond acceptors (Lipinski definition) is 5. The maximum atomic E-state index is 13.1. The van der Waals surface area contributed by atoms with Gasteiger partial charge in [0.2, 0.25) is 10.0 Å². The molecule has 27 heavy (non-hydrogen) atoms. The molecule has 1 saturated heterocycles. The van der Waals surface area contributed by atoms with Gasteiger partial charge in [0.15, 0.2) is 4.90 Å². The molecule has 1 aliphatic heterocycles. The van der Waals surface area contributed by atoms with Crippen LogP contribution < -0.4 is 5.32 Å². The summed E-state index contributed by atoms with van der Waals surface area (Å²) in [6.07, 6.45) is 1.29. The quantitative estimate of drug-likeness (QED) is 0.624. The highest BCUT2D eigenvalue weighted by atomic mass is 32.2. The van der Waals surface area contributed by atoms with E-state index in [9.17, 15) is 18.5 Å². The molecule has 144 valence electrons. The van der Waals surface area contributed by atoms with Crippen LogP contribution in [0.1, 0.15) is 24.0 Å². The van der Waals surface area contributed by atoms with Gasteiger partial charge in [0, 0.05) is 30.9 Å². The second kappa shape index (κ2) is 7.66. The SMILES string of the molecule is Cc1ccccc1NC1CCN(S(=O)(=O)c2c(C)cccc2[N+](=O)[O-])CC1. The van der Waals surface area contributed by atoms with Crippen molar-refractivity contribution in [3.8, 4) is 0 Å². The largest absolute Gasteiger partial charge is 0.382 e. The van der Waals surface area contributed by atoms with E-state index in [0.29, 0.717) is 31.5 Å². The highest BCUT2D eigenvalue weighted by Crippen LogP contribution is 2.31. The Kier molecular flexibility index (Phi) is 5.48. The number of rotatable bonds is 5. The molecular formula is C19H23N3O4S. The lowest BCUT2D eigenvalue weighted by molar-refractivity contribution is -0.387. The lowest BCUT2D eigenvalue weighted by Crippen LogP contribution is -2.42. The van der Waals surface area contributed by atoms with Crippen LogP contribution in [0.4, 0.5) is 11.4 Å². The van der Waals surface area contributed by atoms with Gasteiger partial charge >= 0.3 is 0 Å². The zero-order chi connectivity index (χ0) is 19.6. The lowest BCUT2D eigenvalue weighted by Gasteiger charge is -2.32. The van der Waals surface area contributed by atoms with Gasteiger partial charge in [0.1, 0.15) is 0 Å². The molecule has 0 spiro atoms. The van der Waals surface area contributed by atoms with E-state index in [0.717, 1.165) is 11.3 Å². The van der Waals surface area contributed by atoms with Gasteiger partial charge in [0.25, 0.3) is 5.69 Å². The first-order valence-corrected chi connectivity index (χ1v) is 10.3. The van der Waals surface area contributed by atoms with Crippen LogP contribution in [-0.2, 0) is 10.0 Å². The van der Waals surface area contributed by atoms with Gasteiger partial charge in [0.05, 0.1) is 4.92 Å². The number of nitrogens with one attached hydrogen (secondary N) is 1. The number of aryl methyl sites for hydroxylation is 2. The Hall–Kier alpha value is -2.45. The number of nitro benzene ring substituents is 1. The molecule has 0 unspecified atom stereocenters. The first-order valence-electron chi connectivity index (χ1n) is 8.87. The molecule has 1 N–H and O–H groups in total. The monoisotopic (exact) mass is 389 g/mol. The molecule has 2 aromatic rings. The van der Waals surface area contributed by atoms with Crippen LogP contribution in [0.3, 0.4) is 0 Å². The van der Waals surface area contributed by atoms with Gasteiger partial charge in [-0.05, 0) is 43.9 Å². The number of piperidine rings is 1. The van der Waals surface area contributed by atoms with Gasteiger partial charge in [-0.1, -0.05) is 30.3 Å². The Morgan fingerprint density at radius 3 is 2.30 bits per heavy atom. The molecule has 1 heterocycles. The third-order valence-corrected chi connectivity index (χ3v) is 7.04. The molecule has 0 amide bonds. The number of anilines is 1. The molecule has 0 aromatic heterocycles. The molecule has 2 aromatic carbocycles. The maximum Gasteiger partial charge on any atom is 0.289 e. The summed E-state index contributed by atoms with van der Waals surface area (Å²) in [5.41, 5.74) is 2.22. The summed E-state index contributed by atoms with van der Waals surface area (Å²) in [6.45, 7) is 4.28. The van der Waals surface area contributed by atoms with Crippen LogP contribution >= 0.6 is 0 Å². The van der Waals surface area contributed by atoms with Crippen molar-refractivity contribution in [1.29, 1.82) is 0 Å². The maximum absolute atomic E-state index is 13.1. The van der Waals surface area contributed by atoms with Crippen molar-refractivity contribution in [2.75, 3.05) is 18.4 Å². The minimum Gasteiger partial charge on any atom is -0.382 e. The Balaban J connectivity index is 1.76. The van der Waals surface area contributed by atoms with Gasteiger partial charge in [-0.3, -0.25) is 10.1 Å². The Morgan fingerprint density at radius 1 is 1.04 bits per heavy atom. The Labute approximate surface area is 159 Å². The van der Waals surface area contributed by atoms with E-state index in [2.05, 4.69) is 5.32 Å². The van der Waals surface area contributed by atoms with Crippen LogP contribution in [0.15, 0.2) is 47.4 Å². The van der Waals surface area contributed by atoms with E-state index in [-0.39, 0.29) is 16.6 Å². The van der Waals surface area contributed by atoms with E-state index in [1.807, 2.05) is 31.2 Å². The second-order valence-corrected chi connectivity index (χ2v) is 8.69. The average Bonchev–Trinajstić information content (AvgIpc) is 2.63. The first-order chi connectivity index (χ1) is 12.8. The highest BCUT2D eigenvalue weighted by molar-refractivity contribution is 7.89. The van der Waals surface area contributed by atoms with Gasteiger partial charge in [-0.25, -0.2) is 8.42 Å². The Bertz CT molecular complexity index is 951. The zero-order valence-corrected chi connectivity index (χ0v) is 16.2. The van der Waals surface area contributed by atoms with E-state index >= 15 is 0 Å². The van der Waals surface area contributed by atoms with Crippen molar-refractivity contribution < 1.29 is 13.3 Å². The van der Waals surface area contributed by atoms with Crippen LogP contribution in [0.25, 0.3) is 0 Å². The van der Waals surface area contributed by atoms with Crippen molar-refractivity contribution in [3.05, 3.63) is 63.7 Å². The van der Waals surface area contributed by atoms with Crippen LogP contribution in [-0.4, -0.2) is 36.8 Å². The molecule has 0 atom stereocenters. The van der Waals surface area contributed by atoms with E-state index in [1.165, 1.54) is 16.4 Å². The molecular weight excluding hydrogens is 366 g/mol. The van der Waals surface area contributed by atoms with Crippen molar-refractivity contribution in [2.45, 2.75) is 37.6 Å². The fourth-order valence-electron chi connectivity index (χ4n) is 3.44. The summed E-state index contributed by atoms with van der Waals surface area (Å²) in [6, 6.07) is 12.5.